The van der Waals surface area contributed by atoms with E-state index >= 15 is 0 Å². The maximum atomic E-state index is 10.2. The molecule has 0 radical (unpaired) electrons. The van der Waals surface area contributed by atoms with E-state index in [1.165, 1.54) is 17.9 Å². The fourth-order valence-electron chi connectivity index (χ4n) is 1.26. The fraction of sp³-hybridized carbons (Fsp3) is 0.909. The van der Waals surface area contributed by atoms with Gasteiger partial charge in [0.1, 0.15) is 0 Å². The van der Waals surface area contributed by atoms with Gasteiger partial charge in [0.05, 0.1) is 0 Å². The Balaban J connectivity index is 3.16. The lowest BCUT2D eigenvalue weighted by molar-refractivity contribution is -0.137. The van der Waals surface area contributed by atoms with Crippen molar-refractivity contribution < 1.29 is 9.90 Å². The molecule has 0 heterocycles. The molecule has 1 atom stereocenters. The van der Waals surface area contributed by atoms with Crippen LogP contribution in [0.15, 0.2) is 0 Å². The molecule has 0 aromatic rings. The van der Waals surface area contributed by atoms with Gasteiger partial charge in [0.25, 0.3) is 0 Å². The van der Waals surface area contributed by atoms with Crippen molar-refractivity contribution in [3.63, 3.8) is 0 Å². The smallest absolute Gasteiger partial charge is 0.303 e. The molecule has 90 valence electrons. The number of hydrogen-bond acceptors (Lipinski definition) is 3. The van der Waals surface area contributed by atoms with Crippen molar-refractivity contribution in [3.8, 4) is 0 Å². The minimum atomic E-state index is -0.692. The SMILES string of the molecule is CCSCCC(C)NCCCCC(=O)O. The van der Waals surface area contributed by atoms with Gasteiger partial charge in [-0.2, -0.15) is 11.8 Å². The second-order valence-electron chi connectivity index (χ2n) is 3.69. The van der Waals surface area contributed by atoms with Gasteiger partial charge in [0, 0.05) is 12.5 Å². The Bertz CT molecular complexity index is 165. The standard InChI is InChI=1S/C11H23NO2S/c1-3-15-9-7-10(2)12-8-5-4-6-11(13)14/h10,12H,3-9H2,1-2H3,(H,13,14). The van der Waals surface area contributed by atoms with Crippen LogP contribution in [0, 0.1) is 0 Å². The maximum Gasteiger partial charge on any atom is 0.303 e. The summed E-state index contributed by atoms with van der Waals surface area (Å²) in [7, 11) is 0. The highest BCUT2D eigenvalue weighted by Gasteiger charge is 2.01. The summed E-state index contributed by atoms with van der Waals surface area (Å²) >= 11 is 1.97. The third kappa shape index (κ3) is 11.7. The van der Waals surface area contributed by atoms with Gasteiger partial charge in [-0.3, -0.25) is 4.79 Å². The molecule has 0 amide bonds. The van der Waals surface area contributed by atoms with Gasteiger partial charge in [-0.15, -0.1) is 0 Å². The van der Waals surface area contributed by atoms with Gasteiger partial charge in [0.15, 0.2) is 0 Å². The zero-order valence-electron chi connectivity index (χ0n) is 9.79. The third-order valence-corrected chi connectivity index (χ3v) is 3.14. The molecule has 2 N–H and O–H groups in total. The fourth-order valence-corrected chi connectivity index (χ4v) is 2.07. The highest BCUT2D eigenvalue weighted by Crippen LogP contribution is 2.04. The number of carbonyl (C=O) groups is 1. The molecule has 0 aliphatic rings. The Morgan fingerprint density at radius 2 is 2.20 bits per heavy atom. The maximum absolute atomic E-state index is 10.2. The first-order chi connectivity index (χ1) is 7.16. The summed E-state index contributed by atoms with van der Waals surface area (Å²) in [6, 6.07) is 0.550. The van der Waals surface area contributed by atoms with Gasteiger partial charge in [-0.05, 0) is 44.2 Å². The van der Waals surface area contributed by atoms with E-state index in [9.17, 15) is 4.79 Å². The molecule has 0 aliphatic heterocycles. The lowest BCUT2D eigenvalue weighted by Crippen LogP contribution is -2.27. The van der Waals surface area contributed by atoms with Gasteiger partial charge >= 0.3 is 5.97 Å². The van der Waals surface area contributed by atoms with Gasteiger partial charge < -0.3 is 10.4 Å². The van der Waals surface area contributed by atoms with Crippen molar-refractivity contribution >= 4 is 17.7 Å². The summed E-state index contributed by atoms with van der Waals surface area (Å²) in [5, 5.41) is 11.9. The summed E-state index contributed by atoms with van der Waals surface area (Å²) in [6.07, 6.45) is 3.22. The van der Waals surface area contributed by atoms with Crippen molar-refractivity contribution in [2.45, 2.75) is 45.6 Å². The Hall–Kier alpha value is -0.220. The molecular formula is C11H23NO2S. The predicted molar refractivity (Wildman–Crippen MR) is 66.6 cm³/mol. The van der Waals surface area contributed by atoms with E-state index in [0.29, 0.717) is 12.5 Å². The van der Waals surface area contributed by atoms with Crippen molar-refractivity contribution in [3.05, 3.63) is 0 Å². The van der Waals surface area contributed by atoms with E-state index in [2.05, 4.69) is 19.2 Å². The lowest BCUT2D eigenvalue weighted by atomic mass is 10.2. The molecule has 0 saturated heterocycles. The summed E-state index contributed by atoms with van der Waals surface area (Å²) in [4.78, 5) is 10.2. The third-order valence-electron chi connectivity index (χ3n) is 2.21. The molecule has 0 fully saturated rings. The molecule has 0 bridgehead atoms. The van der Waals surface area contributed by atoms with Gasteiger partial charge in [-0.1, -0.05) is 6.92 Å². The first-order valence-corrected chi connectivity index (χ1v) is 6.85. The number of carboxylic acids is 1. The normalized spacial score (nSPS) is 12.7. The number of aliphatic carboxylic acids is 1. The average molecular weight is 233 g/mol. The highest BCUT2D eigenvalue weighted by atomic mass is 32.2. The van der Waals surface area contributed by atoms with E-state index in [4.69, 9.17) is 5.11 Å². The lowest BCUT2D eigenvalue weighted by Gasteiger charge is -2.12. The van der Waals surface area contributed by atoms with Crippen molar-refractivity contribution in [1.82, 2.24) is 5.32 Å². The topological polar surface area (TPSA) is 49.3 Å². The van der Waals surface area contributed by atoms with Crippen LogP contribution in [0.25, 0.3) is 0 Å². The molecule has 0 aromatic heterocycles. The summed E-state index contributed by atoms with van der Waals surface area (Å²) in [6.45, 7) is 5.30. The summed E-state index contributed by atoms with van der Waals surface area (Å²) < 4.78 is 0. The largest absolute Gasteiger partial charge is 0.481 e. The first-order valence-electron chi connectivity index (χ1n) is 5.69. The highest BCUT2D eigenvalue weighted by molar-refractivity contribution is 7.99. The number of nitrogens with one attached hydrogen (secondary N) is 1. The van der Waals surface area contributed by atoms with Gasteiger partial charge in [-0.25, -0.2) is 0 Å². The zero-order chi connectivity index (χ0) is 11.5. The molecule has 0 rings (SSSR count). The second kappa shape index (κ2) is 10.3. The van der Waals surface area contributed by atoms with E-state index < -0.39 is 5.97 Å². The minimum Gasteiger partial charge on any atom is -0.481 e. The Labute approximate surface area is 97.0 Å². The zero-order valence-corrected chi connectivity index (χ0v) is 10.6. The summed E-state index contributed by atoms with van der Waals surface area (Å²) in [5.74, 6) is 1.70. The molecule has 0 spiro atoms. The van der Waals surface area contributed by atoms with Crippen LogP contribution in [0.2, 0.25) is 0 Å². The Morgan fingerprint density at radius 3 is 2.80 bits per heavy atom. The van der Waals surface area contributed by atoms with E-state index in [1.54, 1.807) is 0 Å². The first kappa shape index (κ1) is 14.8. The quantitative estimate of drug-likeness (QED) is 0.569. The van der Waals surface area contributed by atoms with Crippen LogP contribution in [0.4, 0.5) is 0 Å². The number of unbranched alkanes of at least 4 members (excludes halogenated alkanes) is 1. The minimum absolute atomic E-state index is 0.293. The summed E-state index contributed by atoms with van der Waals surface area (Å²) in [5.41, 5.74) is 0. The number of thioether (sulfide) groups is 1. The van der Waals surface area contributed by atoms with Crippen LogP contribution in [-0.4, -0.2) is 35.2 Å². The van der Waals surface area contributed by atoms with Crippen LogP contribution in [0.5, 0.6) is 0 Å². The van der Waals surface area contributed by atoms with Crippen LogP contribution in [0.1, 0.15) is 39.5 Å². The molecule has 0 aliphatic carbocycles. The van der Waals surface area contributed by atoms with Crippen LogP contribution in [-0.2, 0) is 4.79 Å². The van der Waals surface area contributed by atoms with E-state index in [1.807, 2.05) is 11.8 Å². The Morgan fingerprint density at radius 1 is 1.47 bits per heavy atom. The monoisotopic (exact) mass is 233 g/mol. The molecule has 4 heteroatoms. The predicted octanol–water partition coefficient (Wildman–Crippen LogP) is 2.36. The van der Waals surface area contributed by atoms with Crippen LogP contribution in [0.3, 0.4) is 0 Å². The van der Waals surface area contributed by atoms with Crippen molar-refractivity contribution in [1.29, 1.82) is 0 Å². The van der Waals surface area contributed by atoms with E-state index in [-0.39, 0.29) is 0 Å². The molecule has 0 saturated carbocycles. The van der Waals surface area contributed by atoms with Gasteiger partial charge in [0.2, 0.25) is 0 Å². The van der Waals surface area contributed by atoms with Crippen LogP contribution < -0.4 is 5.32 Å². The second-order valence-corrected chi connectivity index (χ2v) is 5.09. The van der Waals surface area contributed by atoms with Crippen molar-refractivity contribution in [2.24, 2.45) is 0 Å². The van der Waals surface area contributed by atoms with Crippen LogP contribution >= 0.6 is 11.8 Å². The number of carboxylic acid groups (broad SMARTS) is 1. The molecule has 0 aromatic carbocycles. The molecule has 1 unspecified atom stereocenters. The number of hydrogen-bond donors (Lipinski definition) is 2. The number of rotatable bonds is 10. The Kier molecular flexibility index (Phi) is 10.2. The molecular weight excluding hydrogens is 210 g/mol. The molecule has 3 nitrogen and oxygen atoms in total. The average Bonchev–Trinajstić information content (AvgIpc) is 2.17. The molecule has 15 heavy (non-hydrogen) atoms. The van der Waals surface area contributed by atoms with Crippen molar-refractivity contribution in [2.75, 3.05) is 18.1 Å². The van der Waals surface area contributed by atoms with E-state index in [0.717, 1.165) is 19.4 Å².